The molecule has 3 unspecified atom stereocenters. The lowest BCUT2D eigenvalue weighted by atomic mass is 10.1. The molecule has 0 spiro atoms. The third-order valence-corrected chi connectivity index (χ3v) is 2.40. The molecule has 0 heterocycles. The Bertz CT molecular complexity index is 310. The van der Waals surface area contributed by atoms with E-state index in [1.54, 1.807) is 6.92 Å². The molecule has 3 atom stereocenters. The van der Waals surface area contributed by atoms with Crippen molar-refractivity contribution >= 4 is 0 Å². The Kier molecular flexibility index (Phi) is 4.12. The van der Waals surface area contributed by atoms with Crippen LogP contribution in [0.15, 0.2) is 24.3 Å². The van der Waals surface area contributed by atoms with Crippen molar-refractivity contribution in [3.8, 4) is 5.75 Å². The van der Waals surface area contributed by atoms with Gasteiger partial charge in [0, 0.05) is 11.6 Å². The summed E-state index contributed by atoms with van der Waals surface area (Å²) in [5, 5.41) is 9.36. The van der Waals surface area contributed by atoms with Gasteiger partial charge in [0.2, 0.25) is 0 Å². The highest BCUT2D eigenvalue weighted by molar-refractivity contribution is 5.35. The van der Waals surface area contributed by atoms with Crippen molar-refractivity contribution in [2.45, 2.75) is 39.0 Å². The molecule has 0 saturated heterocycles. The van der Waals surface area contributed by atoms with E-state index < -0.39 is 6.10 Å². The number of aliphatic hydroxyl groups excluding tert-OH is 1. The summed E-state index contributed by atoms with van der Waals surface area (Å²) in [4.78, 5) is 0. The molecule has 0 bridgehead atoms. The fourth-order valence-electron chi connectivity index (χ4n) is 1.26. The number of rotatable bonds is 4. The van der Waals surface area contributed by atoms with Crippen molar-refractivity contribution in [2.75, 3.05) is 0 Å². The lowest BCUT2D eigenvalue weighted by Crippen LogP contribution is -2.26. The maximum atomic E-state index is 9.36. The van der Waals surface area contributed by atoms with Crippen LogP contribution in [-0.2, 0) is 0 Å². The summed E-state index contributed by atoms with van der Waals surface area (Å²) in [6.45, 7) is 5.46. The first-order valence-electron chi connectivity index (χ1n) is 5.21. The number of hydrogen-bond donors (Lipinski definition) is 2. The van der Waals surface area contributed by atoms with Gasteiger partial charge in [0.05, 0.1) is 6.10 Å². The Balaban J connectivity index is 2.84. The lowest BCUT2D eigenvalue weighted by Gasteiger charge is -2.20. The van der Waals surface area contributed by atoms with E-state index in [2.05, 4.69) is 0 Å². The van der Waals surface area contributed by atoms with Gasteiger partial charge in [0.1, 0.15) is 11.9 Å². The van der Waals surface area contributed by atoms with Gasteiger partial charge in [-0.3, -0.25) is 0 Å². The first-order chi connectivity index (χ1) is 7.02. The Morgan fingerprint density at radius 1 is 1.20 bits per heavy atom. The molecule has 0 fully saturated rings. The Hall–Kier alpha value is -1.06. The van der Waals surface area contributed by atoms with E-state index in [-0.39, 0.29) is 12.1 Å². The SMILES string of the molecule is CC(N)c1ccccc1OC(C)C(C)O. The molecule has 0 radical (unpaired) electrons. The average Bonchev–Trinajstić information content (AvgIpc) is 2.18. The van der Waals surface area contributed by atoms with Crippen molar-refractivity contribution in [3.63, 3.8) is 0 Å². The second-order valence-corrected chi connectivity index (χ2v) is 3.89. The molecule has 3 nitrogen and oxygen atoms in total. The van der Waals surface area contributed by atoms with Crippen LogP contribution in [0.1, 0.15) is 32.4 Å². The predicted molar refractivity (Wildman–Crippen MR) is 60.8 cm³/mol. The zero-order valence-corrected chi connectivity index (χ0v) is 9.47. The van der Waals surface area contributed by atoms with Gasteiger partial charge in [0.25, 0.3) is 0 Å². The van der Waals surface area contributed by atoms with E-state index in [1.807, 2.05) is 38.1 Å². The van der Waals surface area contributed by atoms with E-state index in [0.29, 0.717) is 0 Å². The van der Waals surface area contributed by atoms with Crippen LogP contribution in [-0.4, -0.2) is 17.3 Å². The van der Waals surface area contributed by atoms with Crippen LogP contribution in [0.3, 0.4) is 0 Å². The van der Waals surface area contributed by atoms with Gasteiger partial charge < -0.3 is 15.6 Å². The molecule has 0 saturated carbocycles. The number of hydrogen-bond acceptors (Lipinski definition) is 3. The summed E-state index contributed by atoms with van der Waals surface area (Å²) < 4.78 is 5.64. The van der Waals surface area contributed by atoms with E-state index in [0.717, 1.165) is 11.3 Å². The summed E-state index contributed by atoms with van der Waals surface area (Å²) in [6.07, 6.45) is -0.726. The van der Waals surface area contributed by atoms with Gasteiger partial charge in [-0.05, 0) is 26.8 Å². The highest BCUT2D eigenvalue weighted by atomic mass is 16.5. The van der Waals surface area contributed by atoms with Crippen LogP contribution in [0.5, 0.6) is 5.75 Å². The molecular weight excluding hydrogens is 190 g/mol. The molecule has 0 aromatic heterocycles. The molecule has 1 rings (SSSR count). The van der Waals surface area contributed by atoms with E-state index in [1.165, 1.54) is 0 Å². The first-order valence-corrected chi connectivity index (χ1v) is 5.21. The average molecular weight is 209 g/mol. The van der Waals surface area contributed by atoms with E-state index >= 15 is 0 Å². The van der Waals surface area contributed by atoms with Crippen LogP contribution in [0.4, 0.5) is 0 Å². The molecule has 3 heteroatoms. The minimum absolute atomic E-state index is 0.0672. The van der Waals surface area contributed by atoms with Gasteiger partial charge in [0.15, 0.2) is 0 Å². The van der Waals surface area contributed by atoms with Gasteiger partial charge in [-0.2, -0.15) is 0 Å². The van der Waals surface area contributed by atoms with Crippen molar-refractivity contribution in [2.24, 2.45) is 5.73 Å². The fraction of sp³-hybridized carbons (Fsp3) is 0.500. The topological polar surface area (TPSA) is 55.5 Å². The van der Waals surface area contributed by atoms with Gasteiger partial charge >= 0.3 is 0 Å². The minimum atomic E-state index is -0.494. The molecule has 1 aromatic rings. The van der Waals surface area contributed by atoms with Crippen LogP contribution in [0.2, 0.25) is 0 Å². The Morgan fingerprint density at radius 2 is 1.80 bits per heavy atom. The number of ether oxygens (including phenoxy) is 1. The van der Waals surface area contributed by atoms with Crippen LogP contribution in [0.25, 0.3) is 0 Å². The first kappa shape index (κ1) is 12.0. The molecule has 0 amide bonds. The van der Waals surface area contributed by atoms with Crippen molar-refractivity contribution in [1.82, 2.24) is 0 Å². The van der Waals surface area contributed by atoms with Gasteiger partial charge in [-0.15, -0.1) is 0 Å². The lowest BCUT2D eigenvalue weighted by molar-refractivity contribution is 0.0596. The smallest absolute Gasteiger partial charge is 0.124 e. The normalized spacial score (nSPS) is 16.9. The molecule has 0 aliphatic carbocycles. The quantitative estimate of drug-likeness (QED) is 0.795. The number of aliphatic hydroxyl groups is 1. The zero-order chi connectivity index (χ0) is 11.4. The molecule has 0 aliphatic rings. The fourth-order valence-corrected chi connectivity index (χ4v) is 1.26. The molecule has 15 heavy (non-hydrogen) atoms. The second kappa shape index (κ2) is 5.14. The third kappa shape index (κ3) is 3.22. The molecule has 84 valence electrons. The van der Waals surface area contributed by atoms with Gasteiger partial charge in [-0.25, -0.2) is 0 Å². The van der Waals surface area contributed by atoms with Gasteiger partial charge in [-0.1, -0.05) is 18.2 Å². The van der Waals surface area contributed by atoms with Crippen LogP contribution < -0.4 is 10.5 Å². The maximum Gasteiger partial charge on any atom is 0.124 e. The van der Waals surface area contributed by atoms with Crippen molar-refractivity contribution < 1.29 is 9.84 Å². The molecule has 1 aromatic carbocycles. The van der Waals surface area contributed by atoms with E-state index in [4.69, 9.17) is 10.5 Å². The summed E-state index contributed by atoms with van der Waals surface area (Å²) in [5.74, 6) is 0.751. The summed E-state index contributed by atoms with van der Waals surface area (Å²) in [6, 6.07) is 7.57. The minimum Gasteiger partial charge on any atom is -0.488 e. The Labute approximate surface area is 90.9 Å². The predicted octanol–water partition coefficient (Wildman–Crippen LogP) is 1.85. The van der Waals surface area contributed by atoms with Crippen molar-refractivity contribution in [3.05, 3.63) is 29.8 Å². The number of nitrogens with two attached hydrogens (primary N) is 1. The number of benzene rings is 1. The largest absolute Gasteiger partial charge is 0.488 e. The summed E-state index contributed by atoms with van der Waals surface area (Å²) >= 11 is 0. The third-order valence-electron chi connectivity index (χ3n) is 2.40. The monoisotopic (exact) mass is 209 g/mol. The van der Waals surface area contributed by atoms with Crippen molar-refractivity contribution in [1.29, 1.82) is 0 Å². The molecule has 3 N–H and O–H groups in total. The second-order valence-electron chi connectivity index (χ2n) is 3.89. The molecular formula is C12H19NO2. The highest BCUT2D eigenvalue weighted by Gasteiger charge is 2.13. The highest BCUT2D eigenvalue weighted by Crippen LogP contribution is 2.24. The van der Waals surface area contributed by atoms with E-state index in [9.17, 15) is 5.11 Å². The van der Waals surface area contributed by atoms with Crippen LogP contribution in [0, 0.1) is 0 Å². The summed E-state index contributed by atoms with van der Waals surface area (Å²) in [7, 11) is 0. The standard InChI is InChI=1S/C12H19NO2/c1-8(13)11-6-4-5-7-12(11)15-10(3)9(2)14/h4-10,14H,13H2,1-3H3. The number of para-hydroxylation sites is 1. The molecule has 0 aliphatic heterocycles. The zero-order valence-electron chi connectivity index (χ0n) is 9.47. The Morgan fingerprint density at radius 3 is 2.33 bits per heavy atom. The summed E-state index contributed by atoms with van der Waals surface area (Å²) in [5.41, 5.74) is 6.79. The maximum absolute atomic E-state index is 9.36. The van der Waals surface area contributed by atoms with Crippen LogP contribution >= 0.6 is 0 Å².